The minimum atomic E-state index is 0.522. The van der Waals surface area contributed by atoms with Gasteiger partial charge in [-0.3, -0.25) is 5.10 Å². The number of aromatic nitrogens is 4. The summed E-state index contributed by atoms with van der Waals surface area (Å²) in [5, 5.41) is 7.46. The van der Waals surface area contributed by atoms with E-state index in [0.29, 0.717) is 11.7 Å². The van der Waals surface area contributed by atoms with E-state index in [2.05, 4.69) is 20.8 Å². The molecule has 5 nitrogen and oxygen atoms in total. The summed E-state index contributed by atoms with van der Waals surface area (Å²) in [5.74, 6) is 1.99. The number of imidazole rings is 1. The van der Waals surface area contributed by atoms with Crippen LogP contribution in [0.2, 0.25) is 0 Å². The van der Waals surface area contributed by atoms with Gasteiger partial charge in [-0.2, -0.15) is 5.10 Å². The van der Waals surface area contributed by atoms with E-state index in [1.165, 1.54) is 32.1 Å². The standard InChI is InChI=1S/C17H21N5/c1-22-13-10-6-5-9-12(13)19-17(22)14-15(20-21-16(14)18)11-7-3-2-4-8-11/h5-6,9-11H,2-4,7-8H2,1H3,(H3,18,20,21). The van der Waals surface area contributed by atoms with Gasteiger partial charge in [0.1, 0.15) is 5.82 Å². The summed E-state index contributed by atoms with van der Waals surface area (Å²) in [6, 6.07) is 8.17. The van der Waals surface area contributed by atoms with Crippen molar-refractivity contribution in [1.29, 1.82) is 0 Å². The second kappa shape index (κ2) is 5.16. The van der Waals surface area contributed by atoms with Crippen LogP contribution < -0.4 is 5.73 Å². The van der Waals surface area contributed by atoms with E-state index < -0.39 is 0 Å². The molecule has 0 radical (unpaired) electrons. The summed E-state index contributed by atoms with van der Waals surface area (Å²) in [4.78, 5) is 4.79. The quantitative estimate of drug-likeness (QED) is 0.758. The van der Waals surface area contributed by atoms with Gasteiger partial charge in [0.25, 0.3) is 0 Å². The van der Waals surface area contributed by atoms with Gasteiger partial charge >= 0.3 is 0 Å². The molecule has 2 aromatic heterocycles. The molecule has 114 valence electrons. The van der Waals surface area contributed by atoms with Crippen LogP contribution in [0.4, 0.5) is 5.82 Å². The summed E-state index contributed by atoms with van der Waals surface area (Å²) in [6.45, 7) is 0. The number of hydrogen-bond donors (Lipinski definition) is 2. The van der Waals surface area contributed by atoms with Crippen molar-refractivity contribution in [3.63, 3.8) is 0 Å². The second-order valence-corrected chi connectivity index (χ2v) is 6.22. The number of para-hydroxylation sites is 2. The van der Waals surface area contributed by atoms with Crippen LogP contribution in [0.25, 0.3) is 22.4 Å². The number of anilines is 1. The smallest absolute Gasteiger partial charge is 0.156 e. The molecular formula is C17H21N5. The van der Waals surface area contributed by atoms with Gasteiger partial charge in [0, 0.05) is 13.0 Å². The van der Waals surface area contributed by atoms with E-state index in [1.54, 1.807) is 0 Å². The predicted octanol–water partition coefficient (Wildman–Crippen LogP) is 3.59. The largest absolute Gasteiger partial charge is 0.382 e. The number of nitrogens with zero attached hydrogens (tertiary/aromatic N) is 3. The molecule has 1 aliphatic rings. The zero-order chi connectivity index (χ0) is 15.1. The van der Waals surface area contributed by atoms with Crippen LogP contribution >= 0.6 is 0 Å². The summed E-state index contributed by atoms with van der Waals surface area (Å²) in [7, 11) is 2.04. The van der Waals surface area contributed by atoms with Crippen LogP contribution in [0.15, 0.2) is 24.3 Å². The normalized spacial score (nSPS) is 16.4. The van der Waals surface area contributed by atoms with Gasteiger partial charge in [-0.15, -0.1) is 0 Å². The Morgan fingerprint density at radius 3 is 2.73 bits per heavy atom. The van der Waals surface area contributed by atoms with Crippen LogP contribution in [0.1, 0.15) is 43.7 Å². The number of rotatable bonds is 2. The number of hydrogen-bond acceptors (Lipinski definition) is 3. The van der Waals surface area contributed by atoms with Gasteiger partial charge in [0.15, 0.2) is 5.82 Å². The number of nitrogens with two attached hydrogens (primary N) is 1. The Kier molecular flexibility index (Phi) is 3.13. The highest BCUT2D eigenvalue weighted by Crippen LogP contribution is 2.39. The maximum atomic E-state index is 6.18. The average molecular weight is 295 g/mol. The molecule has 4 rings (SSSR count). The zero-order valence-corrected chi connectivity index (χ0v) is 12.8. The van der Waals surface area contributed by atoms with Crippen molar-refractivity contribution in [2.24, 2.45) is 7.05 Å². The van der Waals surface area contributed by atoms with Gasteiger partial charge in [-0.05, 0) is 25.0 Å². The van der Waals surface area contributed by atoms with Crippen LogP contribution in [0.5, 0.6) is 0 Å². The molecule has 2 heterocycles. The van der Waals surface area contributed by atoms with Gasteiger partial charge in [-0.25, -0.2) is 4.98 Å². The lowest BCUT2D eigenvalue weighted by Crippen LogP contribution is -2.07. The molecule has 0 bridgehead atoms. The van der Waals surface area contributed by atoms with E-state index in [-0.39, 0.29) is 0 Å². The number of H-pyrrole nitrogens is 1. The first-order chi connectivity index (χ1) is 10.8. The Labute approximate surface area is 129 Å². The molecule has 22 heavy (non-hydrogen) atoms. The lowest BCUT2D eigenvalue weighted by molar-refractivity contribution is 0.436. The molecule has 0 amide bonds. The maximum Gasteiger partial charge on any atom is 0.156 e. The molecular weight excluding hydrogens is 274 g/mol. The summed E-state index contributed by atoms with van der Waals surface area (Å²) >= 11 is 0. The molecule has 0 saturated heterocycles. The highest BCUT2D eigenvalue weighted by Gasteiger charge is 2.25. The Balaban J connectivity index is 1.87. The number of nitrogen functional groups attached to an aromatic ring is 1. The second-order valence-electron chi connectivity index (χ2n) is 6.22. The third-order valence-corrected chi connectivity index (χ3v) is 4.85. The Morgan fingerprint density at radius 2 is 1.95 bits per heavy atom. The Morgan fingerprint density at radius 1 is 1.18 bits per heavy atom. The van der Waals surface area contributed by atoms with Gasteiger partial charge < -0.3 is 10.3 Å². The summed E-state index contributed by atoms with van der Waals surface area (Å²) < 4.78 is 2.11. The van der Waals surface area contributed by atoms with Crippen molar-refractivity contribution in [3.05, 3.63) is 30.0 Å². The number of benzene rings is 1. The van der Waals surface area contributed by atoms with Crippen LogP contribution in [0, 0.1) is 0 Å². The lowest BCUT2D eigenvalue weighted by atomic mass is 9.85. The molecule has 5 heteroatoms. The number of fused-ring (bicyclic) bond motifs is 1. The molecule has 3 N–H and O–H groups in total. The van der Waals surface area contributed by atoms with Crippen LogP contribution in [-0.2, 0) is 7.05 Å². The molecule has 0 unspecified atom stereocenters. The molecule has 3 aromatic rings. The molecule has 1 aromatic carbocycles. The number of nitrogens with one attached hydrogen (secondary N) is 1. The van der Waals surface area contributed by atoms with Gasteiger partial charge in [-0.1, -0.05) is 31.4 Å². The van der Waals surface area contributed by atoms with Gasteiger partial charge in [0.05, 0.1) is 22.3 Å². The fourth-order valence-corrected chi connectivity index (χ4v) is 3.66. The first-order valence-corrected chi connectivity index (χ1v) is 8.01. The van der Waals surface area contributed by atoms with Gasteiger partial charge in [0.2, 0.25) is 0 Å². The topological polar surface area (TPSA) is 72.5 Å². The third-order valence-electron chi connectivity index (χ3n) is 4.85. The minimum Gasteiger partial charge on any atom is -0.382 e. The van der Waals surface area contributed by atoms with Crippen molar-refractivity contribution in [1.82, 2.24) is 19.7 Å². The number of aryl methyl sites for hydroxylation is 1. The molecule has 0 aliphatic heterocycles. The summed E-state index contributed by atoms with van der Waals surface area (Å²) in [5.41, 5.74) is 10.4. The first-order valence-electron chi connectivity index (χ1n) is 8.01. The van der Waals surface area contributed by atoms with E-state index in [4.69, 9.17) is 10.7 Å². The minimum absolute atomic E-state index is 0.522. The summed E-state index contributed by atoms with van der Waals surface area (Å²) in [6.07, 6.45) is 6.32. The Hall–Kier alpha value is -2.30. The number of aromatic amines is 1. The highest BCUT2D eigenvalue weighted by atomic mass is 15.2. The molecule has 1 fully saturated rings. The van der Waals surface area contributed by atoms with E-state index >= 15 is 0 Å². The van der Waals surface area contributed by atoms with E-state index in [9.17, 15) is 0 Å². The van der Waals surface area contributed by atoms with Crippen molar-refractivity contribution < 1.29 is 0 Å². The highest BCUT2D eigenvalue weighted by molar-refractivity contribution is 5.83. The lowest BCUT2D eigenvalue weighted by Gasteiger charge is -2.21. The van der Waals surface area contributed by atoms with Crippen LogP contribution in [0.3, 0.4) is 0 Å². The fraction of sp³-hybridized carbons (Fsp3) is 0.412. The maximum absolute atomic E-state index is 6.18. The monoisotopic (exact) mass is 295 g/mol. The van der Waals surface area contributed by atoms with Crippen molar-refractivity contribution in [3.8, 4) is 11.4 Å². The van der Waals surface area contributed by atoms with Crippen molar-refractivity contribution >= 4 is 16.9 Å². The van der Waals surface area contributed by atoms with E-state index in [1.807, 2.05) is 25.2 Å². The Bertz CT molecular complexity index is 808. The zero-order valence-electron chi connectivity index (χ0n) is 12.8. The average Bonchev–Trinajstić information content (AvgIpc) is 3.09. The molecule has 1 saturated carbocycles. The third kappa shape index (κ3) is 2.00. The van der Waals surface area contributed by atoms with Crippen LogP contribution in [-0.4, -0.2) is 19.7 Å². The van der Waals surface area contributed by atoms with E-state index in [0.717, 1.165) is 28.1 Å². The first kappa shape index (κ1) is 13.4. The fourth-order valence-electron chi connectivity index (χ4n) is 3.66. The molecule has 0 spiro atoms. The SMILES string of the molecule is Cn1c(-c2c(N)n[nH]c2C2CCCCC2)nc2ccccc21. The van der Waals surface area contributed by atoms with Crippen molar-refractivity contribution in [2.45, 2.75) is 38.0 Å². The predicted molar refractivity (Wildman–Crippen MR) is 88.5 cm³/mol. The molecule has 0 atom stereocenters. The molecule has 1 aliphatic carbocycles. The van der Waals surface area contributed by atoms with Crippen molar-refractivity contribution in [2.75, 3.05) is 5.73 Å².